The van der Waals surface area contributed by atoms with Gasteiger partial charge in [0.15, 0.2) is 11.4 Å². The van der Waals surface area contributed by atoms with Crippen LogP contribution in [0.4, 0.5) is 5.69 Å². The topological polar surface area (TPSA) is 99.9 Å². The molecule has 3 N–H and O–H groups in total. The molecule has 4 rings (SSSR count). The van der Waals surface area contributed by atoms with Crippen molar-refractivity contribution in [1.29, 1.82) is 0 Å². The molecule has 0 fully saturated rings. The Labute approximate surface area is 147 Å². The van der Waals surface area contributed by atoms with E-state index in [4.69, 9.17) is 4.74 Å². The number of nitrogens with zero attached hydrogens (tertiary/aromatic N) is 1. The lowest BCUT2D eigenvalue weighted by Crippen LogP contribution is -2.11. The maximum absolute atomic E-state index is 12.3. The molecule has 0 bridgehead atoms. The number of pyridine rings is 1. The molecular formula is C19H14N4O3. The van der Waals surface area contributed by atoms with Gasteiger partial charge >= 0.3 is 5.69 Å². The van der Waals surface area contributed by atoms with Crippen molar-refractivity contribution in [2.24, 2.45) is 0 Å². The van der Waals surface area contributed by atoms with E-state index >= 15 is 0 Å². The lowest BCUT2D eigenvalue weighted by Gasteiger charge is -2.09. The van der Waals surface area contributed by atoms with Gasteiger partial charge in [-0.2, -0.15) is 0 Å². The Morgan fingerprint density at radius 1 is 1.00 bits per heavy atom. The number of fused-ring (bicyclic) bond motifs is 1. The molecule has 0 unspecified atom stereocenters. The second-order valence-corrected chi connectivity index (χ2v) is 5.56. The van der Waals surface area contributed by atoms with Crippen LogP contribution >= 0.6 is 0 Å². The van der Waals surface area contributed by atoms with Crippen molar-refractivity contribution in [3.8, 4) is 11.5 Å². The van der Waals surface area contributed by atoms with E-state index < -0.39 is 0 Å². The third-order valence-electron chi connectivity index (χ3n) is 3.74. The van der Waals surface area contributed by atoms with E-state index in [0.29, 0.717) is 33.9 Å². The first-order valence-corrected chi connectivity index (χ1v) is 7.90. The van der Waals surface area contributed by atoms with Crippen molar-refractivity contribution in [2.45, 2.75) is 0 Å². The number of rotatable bonds is 4. The molecule has 26 heavy (non-hydrogen) atoms. The molecule has 0 radical (unpaired) electrons. The van der Waals surface area contributed by atoms with Crippen LogP contribution in [-0.4, -0.2) is 20.9 Å². The van der Waals surface area contributed by atoms with Crippen LogP contribution in [0.1, 0.15) is 10.4 Å². The van der Waals surface area contributed by atoms with Crippen LogP contribution in [0.15, 0.2) is 71.7 Å². The van der Waals surface area contributed by atoms with Gasteiger partial charge in [-0.15, -0.1) is 0 Å². The molecule has 4 aromatic rings. The summed E-state index contributed by atoms with van der Waals surface area (Å²) in [4.78, 5) is 33.0. The molecule has 2 aromatic heterocycles. The largest absolute Gasteiger partial charge is 0.455 e. The van der Waals surface area contributed by atoms with E-state index in [1.54, 1.807) is 60.8 Å². The molecule has 0 saturated heterocycles. The number of hydrogen-bond donors (Lipinski definition) is 3. The lowest BCUT2D eigenvalue weighted by atomic mass is 10.2. The lowest BCUT2D eigenvalue weighted by molar-refractivity contribution is 0.102. The number of carbonyl (C=O) groups is 1. The average molecular weight is 346 g/mol. The number of benzene rings is 2. The van der Waals surface area contributed by atoms with Gasteiger partial charge in [-0.05, 0) is 24.3 Å². The van der Waals surface area contributed by atoms with Crippen molar-refractivity contribution in [3.05, 3.63) is 82.9 Å². The van der Waals surface area contributed by atoms with Gasteiger partial charge in [-0.3, -0.25) is 9.78 Å². The zero-order valence-corrected chi connectivity index (χ0v) is 13.5. The number of nitrogens with one attached hydrogen (secondary N) is 3. The second kappa shape index (κ2) is 6.56. The first-order chi connectivity index (χ1) is 12.7. The highest BCUT2D eigenvalue weighted by Gasteiger charge is 2.09. The summed E-state index contributed by atoms with van der Waals surface area (Å²) in [6.07, 6.45) is 1.54. The molecule has 128 valence electrons. The molecule has 2 heterocycles. The van der Waals surface area contributed by atoms with Gasteiger partial charge in [-0.25, -0.2) is 9.78 Å². The fourth-order valence-electron chi connectivity index (χ4n) is 2.55. The number of ether oxygens (including phenoxy) is 1. The summed E-state index contributed by atoms with van der Waals surface area (Å²) >= 11 is 0. The number of H-pyrrole nitrogens is 2. The van der Waals surface area contributed by atoms with E-state index in [1.807, 2.05) is 6.07 Å². The number of anilines is 1. The summed E-state index contributed by atoms with van der Waals surface area (Å²) in [7, 11) is 0. The van der Waals surface area contributed by atoms with Gasteiger partial charge in [0.05, 0.1) is 0 Å². The molecule has 7 nitrogen and oxygen atoms in total. The SMILES string of the molecule is O=C(Nc1cccc(Oc2ccnc3[nH]c(=O)[nH]c23)c1)c1ccccc1. The zero-order chi connectivity index (χ0) is 17.9. The molecular weight excluding hydrogens is 332 g/mol. The molecule has 2 aromatic carbocycles. The number of hydrogen-bond acceptors (Lipinski definition) is 4. The van der Waals surface area contributed by atoms with Crippen molar-refractivity contribution < 1.29 is 9.53 Å². The van der Waals surface area contributed by atoms with Gasteiger partial charge in [0.1, 0.15) is 11.3 Å². The first kappa shape index (κ1) is 15.6. The Morgan fingerprint density at radius 2 is 1.85 bits per heavy atom. The van der Waals surface area contributed by atoms with Gasteiger partial charge < -0.3 is 15.0 Å². The highest BCUT2D eigenvalue weighted by atomic mass is 16.5. The molecule has 0 atom stereocenters. The van der Waals surface area contributed by atoms with Crippen LogP contribution in [0, 0.1) is 0 Å². The quantitative estimate of drug-likeness (QED) is 0.528. The highest BCUT2D eigenvalue weighted by molar-refractivity contribution is 6.04. The zero-order valence-electron chi connectivity index (χ0n) is 13.5. The molecule has 0 aliphatic rings. The van der Waals surface area contributed by atoms with Crippen molar-refractivity contribution in [1.82, 2.24) is 15.0 Å². The fraction of sp³-hybridized carbons (Fsp3) is 0. The Hall–Kier alpha value is -3.87. The maximum atomic E-state index is 12.3. The minimum atomic E-state index is -0.354. The fourth-order valence-corrected chi connectivity index (χ4v) is 2.55. The van der Waals surface area contributed by atoms with Crippen molar-refractivity contribution in [3.63, 3.8) is 0 Å². The average Bonchev–Trinajstić information content (AvgIpc) is 3.04. The van der Waals surface area contributed by atoms with Gasteiger partial charge in [-0.1, -0.05) is 24.3 Å². The normalized spacial score (nSPS) is 10.6. The summed E-state index contributed by atoms with van der Waals surface area (Å²) in [5.41, 5.74) is 1.72. The molecule has 7 heteroatoms. The first-order valence-electron chi connectivity index (χ1n) is 7.90. The molecule has 0 aliphatic carbocycles. The van der Waals surface area contributed by atoms with Gasteiger partial charge in [0.2, 0.25) is 0 Å². The molecule has 0 spiro atoms. The summed E-state index contributed by atoms with van der Waals surface area (Å²) < 4.78 is 5.85. The summed E-state index contributed by atoms with van der Waals surface area (Å²) in [6.45, 7) is 0. The third-order valence-corrected chi connectivity index (χ3v) is 3.74. The van der Waals surface area contributed by atoms with E-state index in [2.05, 4.69) is 20.3 Å². The van der Waals surface area contributed by atoms with Crippen molar-refractivity contribution >= 4 is 22.8 Å². The monoisotopic (exact) mass is 346 g/mol. The minimum Gasteiger partial charge on any atom is -0.455 e. The van der Waals surface area contributed by atoms with E-state index in [1.165, 1.54) is 0 Å². The Kier molecular flexibility index (Phi) is 3.95. The number of aromatic nitrogens is 3. The predicted octanol–water partition coefficient (Wildman–Crippen LogP) is 3.30. The van der Waals surface area contributed by atoms with E-state index in [0.717, 1.165) is 0 Å². The number of amides is 1. The minimum absolute atomic E-state index is 0.205. The van der Waals surface area contributed by atoms with Crippen LogP contribution in [0.5, 0.6) is 11.5 Å². The van der Waals surface area contributed by atoms with Crippen LogP contribution in [0.25, 0.3) is 11.2 Å². The predicted molar refractivity (Wildman–Crippen MR) is 97.6 cm³/mol. The van der Waals surface area contributed by atoms with Crippen LogP contribution in [0.2, 0.25) is 0 Å². The van der Waals surface area contributed by atoms with Gasteiger partial charge in [0, 0.05) is 29.6 Å². The maximum Gasteiger partial charge on any atom is 0.325 e. The molecule has 0 saturated carbocycles. The Bertz CT molecular complexity index is 1130. The third kappa shape index (κ3) is 3.18. The summed E-state index contributed by atoms with van der Waals surface area (Å²) in [6, 6.07) is 17.6. The smallest absolute Gasteiger partial charge is 0.325 e. The van der Waals surface area contributed by atoms with Crippen LogP contribution in [-0.2, 0) is 0 Å². The van der Waals surface area contributed by atoms with Gasteiger partial charge in [0.25, 0.3) is 5.91 Å². The number of aromatic amines is 2. The summed E-state index contributed by atoms with van der Waals surface area (Å²) in [5, 5.41) is 2.83. The number of imidazole rings is 1. The van der Waals surface area contributed by atoms with Crippen molar-refractivity contribution in [2.75, 3.05) is 5.32 Å². The molecule has 1 amide bonds. The van der Waals surface area contributed by atoms with E-state index in [-0.39, 0.29) is 11.6 Å². The molecule has 0 aliphatic heterocycles. The Balaban J connectivity index is 1.58. The van der Waals surface area contributed by atoms with E-state index in [9.17, 15) is 9.59 Å². The second-order valence-electron chi connectivity index (χ2n) is 5.56. The Morgan fingerprint density at radius 3 is 2.69 bits per heavy atom. The standard InChI is InChI=1S/C19H14N4O3/c24-18(12-5-2-1-3-6-12)21-13-7-4-8-14(11-13)26-15-9-10-20-17-16(15)22-19(25)23-17/h1-11H,(H,21,24)(H2,20,22,23,25). The van der Waals surface area contributed by atoms with Crippen LogP contribution in [0.3, 0.4) is 0 Å². The highest BCUT2D eigenvalue weighted by Crippen LogP contribution is 2.27. The summed E-state index contributed by atoms with van der Waals surface area (Å²) in [5.74, 6) is 0.773. The van der Waals surface area contributed by atoms with Crippen LogP contribution < -0.4 is 15.7 Å². The number of carbonyl (C=O) groups excluding carboxylic acids is 1.